The Morgan fingerprint density at radius 2 is 2.38 bits per heavy atom. The third-order valence-electron chi connectivity index (χ3n) is 3.18. The van der Waals surface area contributed by atoms with Gasteiger partial charge >= 0.3 is 0 Å². The fourth-order valence-corrected chi connectivity index (χ4v) is 3.78. The highest BCUT2D eigenvalue weighted by molar-refractivity contribution is 7.99. The molecule has 1 N–H and O–H groups in total. The second kappa shape index (κ2) is 6.95. The maximum atomic E-state index is 12.0. The summed E-state index contributed by atoms with van der Waals surface area (Å²) in [6.07, 6.45) is 2.89. The Hall–Kier alpha value is -1.53. The molecule has 2 aromatic heterocycles. The highest BCUT2D eigenvalue weighted by Gasteiger charge is 2.17. The summed E-state index contributed by atoms with van der Waals surface area (Å²) in [4.78, 5) is 17.4. The lowest BCUT2D eigenvalue weighted by molar-refractivity contribution is 0.0951. The van der Waals surface area contributed by atoms with Crippen molar-refractivity contribution in [1.29, 1.82) is 0 Å². The van der Waals surface area contributed by atoms with E-state index in [-0.39, 0.29) is 12.0 Å². The molecule has 1 aliphatic rings. The van der Waals surface area contributed by atoms with Crippen molar-refractivity contribution in [3.63, 3.8) is 0 Å². The number of carbonyl (C=O) groups excluding carboxylic acids is 1. The van der Waals surface area contributed by atoms with Gasteiger partial charge in [0.05, 0.1) is 12.1 Å². The predicted octanol–water partition coefficient (Wildman–Crippen LogP) is 2.96. The molecule has 1 amide bonds. The van der Waals surface area contributed by atoms with Crippen LogP contribution < -0.4 is 10.1 Å². The summed E-state index contributed by atoms with van der Waals surface area (Å²) >= 11 is 3.53. The van der Waals surface area contributed by atoms with Crippen molar-refractivity contribution in [1.82, 2.24) is 10.3 Å². The van der Waals surface area contributed by atoms with Gasteiger partial charge in [0.15, 0.2) is 0 Å². The summed E-state index contributed by atoms with van der Waals surface area (Å²) in [7, 11) is 0. The molecule has 3 rings (SSSR count). The van der Waals surface area contributed by atoms with E-state index in [0.29, 0.717) is 18.0 Å². The number of amides is 1. The molecule has 110 valence electrons. The molecular weight excluding hydrogens is 304 g/mol. The van der Waals surface area contributed by atoms with Gasteiger partial charge in [0, 0.05) is 22.9 Å². The monoisotopic (exact) mass is 320 g/mol. The van der Waals surface area contributed by atoms with Crippen LogP contribution in [0.25, 0.3) is 0 Å². The smallest absolute Gasteiger partial charge is 0.253 e. The lowest BCUT2D eigenvalue weighted by Gasteiger charge is -2.11. The molecule has 1 aliphatic heterocycles. The van der Waals surface area contributed by atoms with Crippen LogP contribution in [0.5, 0.6) is 5.88 Å². The van der Waals surface area contributed by atoms with Crippen LogP contribution in [-0.4, -0.2) is 28.5 Å². The normalized spacial score (nSPS) is 17.6. The lowest BCUT2D eigenvalue weighted by Crippen LogP contribution is -2.22. The second-order valence-electron chi connectivity index (χ2n) is 4.75. The summed E-state index contributed by atoms with van der Waals surface area (Å²) in [5.74, 6) is 2.65. The van der Waals surface area contributed by atoms with Gasteiger partial charge in [0.1, 0.15) is 6.10 Å². The fraction of sp³-hybridized carbons (Fsp3) is 0.333. The van der Waals surface area contributed by atoms with Crippen LogP contribution in [0.3, 0.4) is 0 Å². The van der Waals surface area contributed by atoms with Gasteiger partial charge in [-0.05, 0) is 29.7 Å². The Balaban J connectivity index is 1.54. The first-order valence-corrected chi connectivity index (χ1v) is 8.86. The highest BCUT2D eigenvalue weighted by Crippen LogP contribution is 2.22. The van der Waals surface area contributed by atoms with Crippen LogP contribution in [0.2, 0.25) is 0 Å². The molecule has 0 aromatic carbocycles. The largest absolute Gasteiger partial charge is 0.473 e. The number of nitrogens with one attached hydrogen (secondary N) is 1. The van der Waals surface area contributed by atoms with Gasteiger partial charge in [-0.3, -0.25) is 4.79 Å². The van der Waals surface area contributed by atoms with Gasteiger partial charge in [-0.1, -0.05) is 6.07 Å². The summed E-state index contributed by atoms with van der Waals surface area (Å²) < 4.78 is 5.77. The number of aromatic nitrogens is 1. The number of ether oxygens (including phenoxy) is 1. The van der Waals surface area contributed by atoms with Crippen molar-refractivity contribution >= 4 is 29.0 Å². The van der Waals surface area contributed by atoms with Gasteiger partial charge in [0.2, 0.25) is 5.88 Å². The van der Waals surface area contributed by atoms with Crippen LogP contribution in [-0.2, 0) is 6.54 Å². The van der Waals surface area contributed by atoms with E-state index in [4.69, 9.17) is 4.74 Å². The number of nitrogens with zero attached hydrogens (tertiary/aromatic N) is 1. The van der Waals surface area contributed by atoms with E-state index in [2.05, 4.69) is 10.3 Å². The van der Waals surface area contributed by atoms with Crippen LogP contribution in [0.1, 0.15) is 21.7 Å². The van der Waals surface area contributed by atoms with E-state index >= 15 is 0 Å². The van der Waals surface area contributed by atoms with Gasteiger partial charge in [-0.25, -0.2) is 4.98 Å². The first kappa shape index (κ1) is 14.4. The van der Waals surface area contributed by atoms with Crippen molar-refractivity contribution in [2.24, 2.45) is 0 Å². The highest BCUT2D eigenvalue weighted by atomic mass is 32.2. The Morgan fingerprint density at radius 1 is 1.43 bits per heavy atom. The van der Waals surface area contributed by atoms with E-state index in [1.54, 1.807) is 29.7 Å². The third kappa shape index (κ3) is 3.98. The van der Waals surface area contributed by atoms with Gasteiger partial charge in [-0.15, -0.1) is 11.3 Å². The first-order chi connectivity index (χ1) is 10.3. The van der Waals surface area contributed by atoms with Gasteiger partial charge in [-0.2, -0.15) is 11.8 Å². The van der Waals surface area contributed by atoms with E-state index < -0.39 is 0 Å². The number of thioether (sulfide) groups is 1. The molecule has 2 aromatic rings. The van der Waals surface area contributed by atoms with Gasteiger partial charge < -0.3 is 10.1 Å². The quantitative estimate of drug-likeness (QED) is 0.920. The topological polar surface area (TPSA) is 51.2 Å². The second-order valence-corrected chi connectivity index (χ2v) is 6.93. The van der Waals surface area contributed by atoms with Crippen LogP contribution in [0.4, 0.5) is 0 Å². The Bertz CT molecular complexity index is 578. The summed E-state index contributed by atoms with van der Waals surface area (Å²) in [6.45, 7) is 0.550. The summed E-state index contributed by atoms with van der Waals surface area (Å²) in [5.41, 5.74) is 0.555. The molecule has 0 radical (unpaired) electrons. The van der Waals surface area contributed by atoms with E-state index in [1.807, 2.05) is 29.3 Å². The number of pyridine rings is 1. The predicted molar refractivity (Wildman–Crippen MR) is 86.1 cm³/mol. The van der Waals surface area contributed by atoms with Crippen molar-refractivity contribution in [3.8, 4) is 5.88 Å². The minimum absolute atomic E-state index is 0.112. The maximum absolute atomic E-state index is 12.0. The average Bonchev–Trinajstić information content (AvgIpc) is 3.19. The zero-order valence-corrected chi connectivity index (χ0v) is 13.1. The van der Waals surface area contributed by atoms with E-state index in [9.17, 15) is 4.79 Å². The molecule has 4 nitrogen and oxygen atoms in total. The fourth-order valence-electron chi connectivity index (χ4n) is 2.04. The number of hydrogen-bond donors (Lipinski definition) is 1. The summed E-state index contributed by atoms with van der Waals surface area (Å²) in [6, 6.07) is 7.50. The standard InChI is InChI=1S/C15H16N2O2S2/c18-15(17-9-13-2-1-6-21-13)11-3-4-14(16-8-11)19-12-5-7-20-10-12/h1-4,6,8,12H,5,7,9-10H2,(H,17,18). The van der Waals surface area contributed by atoms with Crippen molar-refractivity contribution in [2.45, 2.75) is 19.1 Å². The summed E-state index contributed by atoms with van der Waals surface area (Å²) in [5, 5.41) is 4.88. The van der Waals surface area contributed by atoms with Crippen LogP contribution >= 0.6 is 23.1 Å². The van der Waals surface area contributed by atoms with Crippen LogP contribution in [0, 0.1) is 0 Å². The van der Waals surface area contributed by atoms with Crippen molar-refractivity contribution in [2.75, 3.05) is 11.5 Å². The van der Waals surface area contributed by atoms with E-state index in [0.717, 1.165) is 22.8 Å². The Kier molecular flexibility index (Phi) is 4.77. The molecule has 1 saturated heterocycles. The van der Waals surface area contributed by atoms with Crippen molar-refractivity contribution < 1.29 is 9.53 Å². The average molecular weight is 320 g/mol. The maximum Gasteiger partial charge on any atom is 0.253 e. The zero-order chi connectivity index (χ0) is 14.5. The molecule has 21 heavy (non-hydrogen) atoms. The molecule has 1 fully saturated rings. The van der Waals surface area contributed by atoms with Gasteiger partial charge in [0.25, 0.3) is 5.91 Å². The minimum Gasteiger partial charge on any atom is -0.473 e. The zero-order valence-electron chi connectivity index (χ0n) is 11.5. The van der Waals surface area contributed by atoms with E-state index in [1.165, 1.54) is 0 Å². The molecule has 0 spiro atoms. The third-order valence-corrected chi connectivity index (χ3v) is 5.19. The Morgan fingerprint density at radius 3 is 3.05 bits per heavy atom. The number of rotatable bonds is 5. The number of hydrogen-bond acceptors (Lipinski definition) is 5. The first-order valence-electron chi connectivity index (χ1n) is 6.82. The number of thiophene rings is 1. The molecule has 0 bridgehead atoms. The minimum atomic E-state index is -0.112. The molecule has 6 heteroatoms. The molecule has 1 unspecified atom stereocenters. The molecular formula is C15H16N2O2S2. The SMILES string of the molecule is O=C(NCc1cccs1)c1ccc(OC2CCSC2)nc1. The van der Waals surface area contributed by atoms with Crippen molar-refractivity contribution in [3.05, 3.63) is 46.3 Å². The Labute approximate surface area is 131 Å². The molecule has 1 atom stereocenters. The molecule has 0 aliphatic carbocycles. The van der Waals surface area contributed by atoms with Crippen LogP contribution in [0.15, 0.2) is 35.8 Å². The molecule has 0 saturated carbocycles. The lowest BCUT2D eigenvalue weighted by atomic mass is 10.2. The molecule has 3 heterocycles. The number of carbonyl (C=O) groups is 1.